The van der Waals surface area contributed by atoms with E-state index < -0.39 is 0 Å². The summed E-state index contributed by atoms with van der Waals surface area (Å²) in [6.07, 6.45) is 2.45. The lowest BCUT2D eigenvalue weighted by molar-refractivity contribution is -0.645. The highest BCUT2D eigenvalue weighted by Gasteiger charge is 2.20. The number of para-hydroxylation sites is 1. The van der Waals surface area contributed by atoms with Gasteiger partial charge >= 0.3 is 0 Å². The van der Waals surface area contributed by atoms with E-state index in [1.165, 1.54) is 18.0 Å². The molecule has 23 heavy (non-hydrogen) atoms. The average molecular weight is 330 g/mol. The molecule has 4 nitrogen and oxygen atoms in total. The van der Waals surface area contributed by atoms with Gasteiger partial charge in [-0.25, -0.2) is 0 Å². The Morgan fingerprint density at radius 1 is 1.22 bits per heavy atom. The van der Waals surface area contributed by atoms with Crippen LogP contribution in [-0.4, -0.2) is 11.2 Å². The summed E-state index contributed by atoms with van der Waals surface area (Å²) < 4.78 is 0.779. The fourth-order valence-corrected chi connectivity index (χ4v) is 3.08. The summed E-state index contributed by atoms with van der Waals surface area (Å²) in [5.41, 5.74) is 1.99. The molecular weight excluding hydrogens is 308 g/mol. The third-order valence-corrected chi connectivity index (χ3v) is 4.94. The third-order valence-electron chi connectivity index (χ3n) is 3.82. The molecule has 1 heterocycles. The topological polar surface area (TPSA) is 56.0 Å². The predicted molar refractivity (Wildman–Crippen MR) is 94.5 cm³/mol. The number of amides is 1. The van der Waals surface area contributed by atoms with Gasteiger partial charge in [-0.15, -0.1) is 0 Å². The van der Waals surface area contributed by atoms with Crippen molar-refractivity contribution in [2.24, 2.45) is 0 Å². The van der Waals surface area contributed by atoms with Gasteiger partial charge in [-0.3, -0.25) is 4.79 Å². The number of hydrogen-bond donors (Lipinski definition) is 1. The maximum Gasteiger partial charge on any atom is 0.252 e. The van der Waals surface area contributed by atoms with Crippen LogP contribution in [0.25, 0.3) is 0 Å². The van der Waals surface area contributed by atoms with E-state index in [0.717, 1.165) is 22.4 Å². The lowest BCUT2D eigenvalue weighted by Crippen LogP contribution is -2.30. The van der Waals surface area contributed by atoms with Crippen molar-refractivity contribution < 1.29 is 9.52 Å². The van der Waals surface area contributed by atoms with Crippen LogP contribution in [0, 0.1) is 5.21 Å². The van der Waals surface area contributed by atoms with Crippen LogP contribution in [0.2, 0.25) is 0 Å². The predicted octanol–water partition coefficient (Wildman–Crippen LogP) is 3.95. The van der Waals surface area contributed by atoms with Gasteiger partial charge in [0.2, 0.25) is 5.91 Å². The Morgan fingerprint density at radius 3 is 2.61 bits per heavy atom. The van der Waals surface area contributed by atoms with Gasteiger partial charge < -0.3 is 10.5 Å². The van der Waals surface area contributed by atoms with Gasteiger partial charge in [0.05, 0.1) is 5.25 Å². The number of carbonyl (C=O) groups excluding carboxylic acids is 1. The second-order valence-electron chi connectivity index (χ2n) is 5.51. The molecule has 2 rings (SSSR count). The first-order chi connectivity index (χ1) is 11.0. The molecule has 0 aliphatic heterocycles. The molecule has 0 bridgehead atoms. The van der Waals surface area contributed by atoms with Crippen LogP contribution in [0.4, 0.5) is 5.69 Å². The summed E-state index contributed by atoms with van der Waals surface area (Å²) in [7, 11) is 0. The molecule has 2 atom stereocenters. The van der Waals surface area contributed by atoms with E-state index >= 15 is 0 Å². The second kappa shape index (κ2) is 8.02. The van der Waals surface area contributed by atoms with Gasteiger partial charge in [0.25, 0.3) is 5.03 Å². The van der Waals surface area contributed by atoms with E-state index in [1.807, 2.05) is 24.3 Å². The Morgan fingerprint density at radius 2 is 1.91 bits per heavy atom. The summed E-state index contributed by atoms with van der Waals surface area (Å²) in [5.74, 6) is 0.280. The minimum atomic E-state index is -0.359. The Labute approximate surface area is 141 Å². The van der Waals surface area contributed by atoms with Gasteiger partial charge in [0.15, 0.2) is 6.20 Å². The van der Waals surface area contributed by atoms with E-state index in [0.29, 0.717) is 10.9 Å². The molecule has 0 saturated carbocycles. The molecule has 2 unspecified atom stereocenters. The van der Waals surface area contributed by atoms with E-state index in [4.69, 9.17) is 0 Å². The first kappa shape index (κ1) is 17.3. The molecule has 2 aromatic rings. The molecular formula is C18H22N2O2S. The van der Waals surface area contributed by atoms with Crippen molar-refractivity contribution in [2.45, 2.75) is 43.4 Å². The number of benzene rings is 1. The lowest BCUT2D eigenvalue weighted by Gasteiger charge is -2.17. The summed E-state index contributed by atoms with van der Waals surface area (Å²) in [6, 6.07) is 13.1. The number of carbonyl (C=O) groups is 1. The first-order valence-electron chi connectivity index (χ1n) is 7.77. The van der Waals surface area contributed by atoms with E-state index in [1.54, 1.807) is 25.1 Å². The SMILES string of the molecule is CCC(C)c1ccccc1NC(=O)C(C)Sc1cccc[n+]1[O-]. The zero-order valence-electron chi connectivity index (χ0n) is 13.7. The van der Waals surface area contributed by atoms with Gasteiger partial charge in [-0.1, -0.05) is 32.0 Å². The van der Waals surface area contributed by atoms with Crippen molar-refractivity contribution in [1.82, 2.24) is 0 Å². The number of pyridine rings is 1. The first-order valence-corrected chi connectivity index (χ1v) is 8.65. The molecule has 1 amide bonds. The Balaban J connectivity index is 2.09. The largest absolute Gasteiger partial charge is 0.618 e. The number of aromatic nitrogens is 1. The minimum Gasteiger partial charge on any atom is -0.618 e. The summed E-state index contributed by atoms with van der Waals surface area (Å²) >= 11 is 1.26. The number of anilines is 1. The van der Waals surface area contributed by atoms with Gasteiger partial charge in [0.1, 0.15) is 0 Å². The second-order valence-corrected chi connectivity index (χ2v) is 6.87. The van der Waals surface area contributed by atoms with E-state index in [-0.39, 0.29) is 11.2 Å². The number of nitrogens with one attached hydrogen (secondary N) is 1. The highest BCUT2D eigenvalue weighted by atomic mass is 32.2. The number of thioether (sulfide) groups is 1. The Kier molecular flexibility index (Phi) is 6.04. The molecule has 1 N–H and O–H groups in total. The monoisotopic (exact) mass is 330 g/mol. The van der Waals surface area contributed by atoms with Crippen LogP contribution < -0.4 is 10.0 Å². The maximum absolute atomic E-state index is 12.4. The maximum atomic E-state index is 12.4. The van der Waals surface area contributed by atoms with Crippen LogP contribution in [0.5, 0.6) is 0 Å². The number of hydrogen-bond acceptors (Lipinski definition) is 3. The van der Waals surface area contributed by atoms with Crippen LogP contribution >= 0.6 is 11.8 Å². The molecule has 1 aromatic heterocycles. The zero-order chi connectivity index (χ0) is 16.8. The average Bonchev–Trinajstić information content (AvgIpc) is 2.56. The van der Waals surface area contributed by atoms with Crippen LogP contribution in [-0.2, 0) is 4.79 Å². The number of nitrogens with zero attached hydrogens (tertiary/aromatic N) is 1. The quantitative estimate of drug-likeness (QED) is 0.495. The zero-order valence-corrected chi connectivity index (χ0v) is 14.5. The third kappa shape index (κ3) is 4.48. The van der Waals surface area contributed by atoms with Gasteiger partial charge in [-0.05, 0) is 48.7 Å². The highest BCUT2D eigenvalue weighted by Crippen LogP contribution is 2.28. The molecule has 0 fully saturated rings. The number of rotatable bonds is 6. The van der Waals surface area contributed by atoms with Crippen molar-refractivity contribution in [3.05, 3.63) is 59.4 Å². The molecule has 5 heteroatoms. The van der Waals surface area contributed by atoms with Crippen molar-refractivity contribution >= 4 is 23.4 Å². The molecule has 0 spiro atoms. The van der Waals surface area contributed by atoms with E-state index in [9.17, 15) is 10.0 Å². The minimum absolute atomic E-state index is 0.102. The fraction of sp³-hybridized carbons (Fsp3) is 0.333. The lowest BCUT2D eigenvalue weighted by atomic mass is 9.97. The highest BCUT2D eigenvalue weighted by molar-refractivity contribution is 8.00. The smallest absolute Gasteiger partial charge is 0.252 e. The van der Waals surface area contributed by atoms with Crippen molar-refractivity contribution in [1.29, 1.82) is 0 Å². The molecule has 122 valence electrons. The molecule has 0 aliphatic rings. The Hall–Kier alpha value is -2.01. The standard InChI is InChI=1S/C18H22N2O2S/c1-4-13(2)15-9-5-6-10-16(15)19-18(21)14(3)23-17-11-7-8-12-20(17)22/h5-14H,4H2,1-3H3,(H,19,21). The molecule has 0 aliphatic carbocycles. The van der Waals surface area contributed by atoms with Crippen LogP contribution in [0.3, 0.4) is 0 Å². The summed E-state index contributed by atoms with van der Waals surface area (Å²) in [6.45, 7) is 6.08. The van der Waals surface area contributed by atoms with Crippen molar-refractivity contribution in [3.63, 3.8) is 0 Å². The van der Waals surface area contributed by atoms with Crippen LogP contribution in [0.1, 0.15) is 38.7 Å². The van der Waals surface area contributed by atoms with Crippen molar-refractivity contribution in [2.75, 3.05) is 5.32 Å². The fourth-order valence-electron chi connectivity index (χ4n) is 2.23. The summed E-state index contributed by atoms with van der Waals surface area (Å²) in [4.78, 5) is 12.4. The van der Waals surface area contributed by atoms with Crippen molar-refractivity contribution in [3.8, 4) is 0 Å². The van der Waals surface area contributed by atoms with E-state index in [2.05, 4.69) is 19.2 Å². The normalized spacial score (nSPS) is 13.3. The molecule has 1 aromatic carbocycles. The Bertz CT molecular complexity index is 676. The molecule has 0 radical (unpaired) electrons. The van der Waals surface area contributed by atoms with Gasteiger partial charge in [0, 0.05) is 17.8 Å². The van der Waals surface area contributed by atoms with Crippen LogP contribution in [0.15, 0.2) is 53.7 Å². The van der Waals surface area contributed by atoms with Gasteiger partial charge in [-0.2, -0.15) is 4.73 Å². The molecule has 0 saturated heterocycles. The summed E-state index contributed by atoms with van der Waals surface area (Å²) in [5, 5.41) is 14.8.